The molecule has 3 heteroatoms. The van der Waals surface area contributed by atoms with Crippen molar-refractivity contribution < 1.29 is 14.3 Å². The third-order valence-corrected chi connectivity index (χ3v) is 9.07. The zero-order chi connectivity index (χ0) is 20.1. The first-order chi connectivity index (χ1) is 13.2. The van der Waals surface area contributed by atoms with E-state index in [1.54, 1.807) is 0 Å². The highest BCUT2D eigenvalue weighted by molar-refractivity contribution is 5.91. The zero-order valence-corrected chi connectivity index (χ0v) is 18.3. The minimum atomic E-state index is 0.00863. The Morgan fingerprint density at radius 2 is 1.89 bits per heavy atom. The number of carbonyl (C=O) groups excluding carboxylic acids is 2. The fourth-order valence-electron chi connectivity index (χ4n) is 7.33. The van der Waals surface area contributed by atoms with E-state index in [-0.39, 0.29) is 22.9 Å². The molecule has 0 N–H and O–H groups in total. The SMILES string of the molecule is CC(C)CCC(=O)O[C@H]1CC[C@@H]2[C@H]3CCC4=CC(=O)CC[C@]4(C)[C@H]3CC[C@@]12C. The molecule has 0 aromatic rings. The third-order valence-electron chi connectivity index (χ3n) is 9.07. The normalized spacial score (nSPS) is 42.5. The molecule has 0 spiro atoms. The smallest absolute Gasteiger partial charge is 0.306 e. The molecule has 156 valence electrons. The van der Waals surface area contributed by atoms with Crippen LogP contribution in [0.5, 0.6) is 0 Å². The fourth-order valence-corrected chi connectivity index (χ4v) is 7.33. The highest BCUT2D eigenvalue weighted by atomic mass is 16.5. The molecule has 4 rings (SSSR count). The third kappa shape index (κ3) is 3.27. The molecule has 0 aromatic carbocycles. The summed E-state index contributed by atoms with van der Waals surface area (Å²) in [5.41, 5.74) is 1.81. The molecule has 6 atom stereocenters. The summed E-state index contributed by atoms with van der Waals surface area (Å²) in [5.74, 6) is 2.99. The molecule has 4 aliphatic rings. The maximum Gasteiger partial charge on any atom is 0.306 e. The van der Waals surface area contributed by atoms with E-state index in [2.05, 4.69) is 27.7 Å². The van der Waals surface area contributed by atoms with Gasteiger partial charge in [-0.1, -0.05) is 33.3 Å². The lowest BCUT2D eigenvalue weighted by Crippen LogP contribution is -2.51. The summed E-state index contributed by atoms with van der Waals surface area (Å²) in [6.45, 7) is 9.15. The standard InChI is InChI=1S/C25H38O3/c1-16(2)5-10-23(27)28-22-9-8-20-19-7-6-17-15-18(26)11-13-24(17,3)21(19)12-14-25(20,22)4/h15-16,19-22H,5-14H2,1-4H3/t19-,20-,21+,22+,24+,25-/m1/s1. The van der Waals surface area contributed by atoms with Gasteiger partial charge in [0, 0.05) is 18.3 Å². The molecule has 0 aliphatic heterocycles. The molecule has 3 fully saturated rings. The molecule has 0 saturated heterocycles. The van der Waals surface area contributed by atoms with Gasteiger partial charge in [0.15, 0.2) is 5.78 Å². The van der Waals surface area contributed by atoms with Gasteiger partial charge in [-0.05, 0) is 86.5 Å². The predicted molar refractivity (Wildman–Crippen MR) is 111 cm³/mol. The van der Waals surface area contributed by atoms with Gasteiger partial charge in [0.25, 0.3) is 0 Å². The highest BCUT2D eigenvalue weighted by Crippen LogP contribution is 2.65. The van der Waals surface area contributed by atoms with E-state index in [1.165, 1.54) is 24.8 Å². The van der Waals surface area contributed by atoms with Crippen molar-refractivity contribution in [3.05, 3.63) is 11.6 Å². The van der Waals surface area contributed by atoms with Crippen LogP contribution in [0, 0.1) is 34.5 Å². The molecule has 28 heavy (non-hydrogen) atoms. The van der Waals surface area contributed by atoms with Gasteiger partial charge in [0.1, 0.15) is 6.10 Å². The number of carbonyl (C=O) groups is 2. The Kier molecular flexibility index (Phi) is 5.25. The quantitative estimate of drug-likeness (QED) is 0.568. The van der Waals surface area contributed by atoms with Crippen molar-refractivity contribution in [1.29, 1.82) is 0 Å². The van der Waals surface area contributed by atoms with Gasteiger partial charge in [0.2, 0.25) is 0 Å². The fraction of sp³-hybridized carbons (Fsp3) is 0.840. The number of esters is 1. The van der Waals surface area contributed by atoms with Crippen LogP contribution in [0.25, 0.3) is 0 Å². The summed E-state index contributed by atoms with van der Waals surface area (Å²) in [5, 5.41) is 0. The number of allylic oxidation sites excluding steroid dienone is 1. The highest BCUT2D eigenvalue weighted by Gasteiger charge is 2.59. The first-order valence-corrected chi connectivity index (χ1v) is 11.7. The van der Waals surface area contributed by atoms with Crippen LogP contribution in [-0.2, 0) is 14.3 Å². The molecule has 0 heterocycles. The number of fused-ring (bicyclic) bond motifs is 5. The Morgan fingerprint density at radius 3 is 2.64 bits per heavy atom. The summed E-state index contributed by atoms with van der Waals surface area (Å²) >= 11 is 0. The number of hydrogen-bond acceptors (Lipinski definition) is 3. The minimum absolute atomic E-state index is 0.00863. The summed E-state index contributed by atoms with van der Waals surface area (Å²) in [6.07, 6.45) is 12.3. The van der Waals surface area contributed by atoms with E-state index in [1.807, 2.05) is 6.08 Å². The molecule has 3 saturated carbocycles. The maximum absolute atomic E-state index is 12.4. The summed E-state index contributed by atoms with van der Waals surface area (Å²) in [4.78, 5) is 24.4. The summed E-state index contributed by atoms with van der Waals surface area (Å²) in [7, 11) is 0. The van der Waals surface area contributed by atoms with Crippen molar-refractivity contribution in [3.8, 4) is 0 Å². The average Bonchev–Trinajstić information content (AvgIpc) is 2.97. The van der Waals surface area contributed by atoms with E-state index in [0.29, 0.717) is 30.0 Å². The van der Waals surface area contributed by atoms with Crippen LogP contribution in [0.1, 0.15) is 91.9 Å². The van der Waals surface area contributed by atoms with Gasteiger partial charge >= 0.3 is 5.97 Å². The Labute approximate surface area is 170 Å². The lowest BCUT2D eigenvalue weighted by molar-refractivity contribution is -0.160. The lowest BCUT2D eigenvalue weighted by Gasteiger charge is -2.57. The Balaban J connectivity index is 1.49. The van der Waals surface area contributed by atoms with Crippen LogP contribution < -0.4 is 0 Å². The van der Waals surface area contributed by atoms with Crippen LogP contribution in [-0.4, -0.2) is 17.9 Å². The van der Waals surface area contributed by atoms with Crippen molar-refractivity contribution >= 4 is 11.8 Å². The molecular weight excluding hydrogens is 348 g/mol. The number of ether oxygens (including phenoxy) is 1. The van der Waals surface area contributed by atoms with Gasteiger partial charge in [0.05, 0.1) is 0 Å². The Hall–Kier alpha value is -1.12. The molecule has 0 unspecified atom stereocenters. The second kappa shape index (κ2) is 7.29. The van der Waals surface area contributed by atoms with Crippen molar-refractivity contribution in [1.82, 2.24) is 0 Å². The topological polar surface area (TPSA) is 43.4 Å². The molecular formula is C25H38O3. The van der Waals surface area contributed by atoms with Crippen LogP contribution in [0.2, 0.25) is 0 Å². The zero-order valence-electron chi connectivity index (χ0n) is 18.3. The van der Waals surface area contributed by atoms with Gasteiger partial charge in [-0.15, -0.1) is 0 Å². The lowest BCUT2D eigenvalue weighted by atomic mass is 9.47. The number of hydrogen-bond donors (Lipinski definition) is 0. The predicted octanol–water partition coefficient (Wildman–Crippen LogP) is 5.87. The van der Waals surface area contributed by atoms with E-state index < -0.39 is 0 Å². The second-order valence-corrected chi connectivity index (χ2v) is 11.0. The summed E-state index contributed by atoms with van der Waals surface area (Å²) in [6, 6.07) is 0. The summed E-state index contributed by atoms with van der Waals surface area (Å²) < 4.78 is 6.06. The van der Waals surface area contributed by atoms with Gasteiger partial charge < -0.3 is 4.74 Å². The van der Waals surface area contributed by atoms with Gasteiger partial charge in [-0.2, -0.15) is 0 Å². The molecule has 4 aliphatic carbocycles. The van der Waals surface area contributed by atoms with Gasteiger partial charge in [-0.25, -0.2) is 0 Å². The van der Waals surface area contributed by atoms with E-state index in [9.17, 15) is 9.59 Å². The number of ketones is 1. The minimum Gasteiger partial charge on any atom is -0.462 e. The molecule has 0 radical (unpaired) electrons. The van der Waals surface area contributed by atoms with Crippen molar-refractivity contribution in [2.24, 2.45) is 34.5 Å². The Bertz CT molecular complexity index is 677. The van der Waals surface area contributed by atoms with Crippen molar-refractivity contribution in [2.45, 2.75) is 98.0 Å². The van der Waals surface area contributed by atoms with Crippen molar-refractivity contribution in [2.75, 3.05) is 0 Å². The second-order valence-electron chi connectivity index (χ2n) is 11.0. The molecule has 3 nitrogen and oxygen atoms in total. The first-order valence-electron chi connectivity index (χ1n) is 11.7. The van der Waals surface area contributed by atoms with Crippen LogP contribution >= 0.6 is 0 Å². The van der Waals surface area contributed by atoms with Crippen LogP contribution in [0.4, 0.5) is 0 Å². The number of rotatable bonds is 4. The van der Waals surface area contributed by atoms with Crippen LogP contribution in [0.3, 0.4) is 0 Å². The average molecular weight is 387 g/mol. The van der Waals surface area contributed by atoms with Crippen molar-refractivity contribution in [3.63, 3.8) is 0 Å². The van der Waals surface area contributed by atoms with Gasteiger partial charge in [-0.3, -0.25) is 9.59 Å². The maximum atomic E-state index is 12.4. The first kappa shape index (κ1) is 20.2. The van der Waals surface area contributed by atoms with Crippen LogP contribution in [0.15, 0.2) is 11.6 Å². The Morgan fingerprint density at radius 1 is 1.11 bits per heavy atom. The molecule has 0 bridgehead atoms. The van der Waals surface area contributed by atoms with E-state index in [0.717, 1.165) is 44.4 Å². The van der Waals surface area contributed by atoms with E-state index >= 15 is 0 Å². The molecule has 0 amide bonds. The molecule has 0 aromatic heterocycles. The monoisotopic (exact) mass is 386 g/mol. The largest absolute Gasteiger partial charge is 0.462 e. The van der Waals surface area contributed by atoms with E-state index in [4.69, 9.17) is 4.74 Å².